The number of carbonyl (C=O) groups excluding carboxylic acids is 1. The fraction of sp³-hybridized carbons (Fsp3) is 0.667. The first-order chi connectivity index (χ1) is 5.22. The molecule has 0 aromatic carbocycles. The predicted octanol–water partition coefficient (Wildman–Crippen LogP) is 0.620. The normalized spacial score (nSPS) is 22.4. The summed E-state index contributed by atoms with van der Waals surface area (Å²) in [7, 11) is 0. The van der Waals surface area contributed by atoms with Crippen LogP contribution in [0.25, 0.3) is 0 Å². The van der Waals surface area contributed by atoms with E-state index in [0.717, 1.165) is 0 Å². The van der Waals surface area contributed by atoms with E-state index in [1.165, 1.54) is 0 Å². The lowest BCUT2D eigenvalue weighted by Crippen LogP contribution is -2.30. The third-order valence-corrected chi connectivity index (χ3v) is 1.74. The summed E-state index contributed by atoms with van der Waals surface area (Å²) in [5.74, 6) is 0.517. The van der Waals surface area contributed by atoms with Gasteiger partial charge in [0.05, 0.1) is 5.33 Å². The molecule has 1 unspecified atom stereocenters. The van der Waals surface area contributed by atoms with Gasteiger partial charge < -0.3 is 10.2 Å². The van der Waals surface area contributed by atoms with Gasteiger partial charge in [-0.1, -0.05) is 21.1 Å². The lowest BCUT2D eigenvalue weighted by atomic mass is 10.3. The topological polar surface area (TPSA) is 50.7 Å². The van der Waals surface area contributed by atoms with Crippen LogP contribution in [0.4, 0.5) is 0 Å². The summed E-state index contributed by atoms with van der Waals surface area (Å²) in [5, 5.41) is 6.56. The number of nitrogens with one attached hydrogen (secondary N) is 1. The Bertz CT molecular complexity index is 193. The Morgan fingerprint density at radius 3 is 3.18 bits per heavy atom. The van der Waals surface area contributed by atoms with Gasteiger partial charge in [-0.3, -0.25) is 4.79 Å². The summed E-state index contributed by atoms with van der Waals surface area (Å²) in [6.45, 7) is 1.90. The Balaban J connectivity index is 2.33. The van der Waals surface area contributed by atoms with Crippen LogP contribution >= 0.6 is 15.9 Å². The molecule has 0 radical (unpaired) electrons. The van der Waals surface area contributed by atoms with Gasteiger partial charge in [-0.25, -0.2) is 0 Å². The Kier molecular flexibility index (Phi) is 2.87. The summed E-state index contributed by atoms with van der Waals surface area (Å²) in [6, 6.07) is 0. The van der Waals surface area contributed by atoms with E-state index in [9.17, 15) is 4.79 Å². The van der Waals surface area contributed by atoms with E-state index in [0.29, 0.717) is 17.6 Å². The highest BCUT2D eigenvalue weighted by Crippen LogP contribution is 2.06. The van der Waals surface area contributed by atoms with Gasteiger partial charge in [0.1, 0.15) is 6.10 Å². The maximum absolute atomic E-state index is 10.8. The van der Waals surface area contributed by atoms with E-state index in [1.807, 2.05) is 6.92 Å². The maximum atomic E-state index is 10.8. The summed E-state index contributed by atoms with van der Waals surface area (Å²) in [5.41, 5.74) is 0. The van der Waals surface area contributed by atoms with Crippen LogP contribution in [0.2, 0.25) is 0 Å². The molecule has 1 aliphatic heterocycles. The van der Waals surface area contributed by atoms with Gasteiger partial charge in [0, 0.05) is 6.42 Å². The summed E-state index contributed by atoms with van der Waals surface area (Å²) in [4.78, 5) is 15.6. The zero-order valence-electron chi connectivity index (χ0n) is 6.13. The molecule has 0 aromatic rings. The first-order valence-electron chi connectivity index (χ1n) is 3.31. The van der Waals surface area contributed by atoms with Crippen LogP contribution in [0, 0.1) is 0 Å². The molecular formula is C6H9BrN2O2. The highest BCUT2D eigenvalue weighted by Gasteiger charge is 2.17. The van der Waals surface area contributed by atoms with Crippen LogP contribution in [0.3, 0.4) is 0 Å². The molecule has 1 N–H and O–H groups in total. The standard InChI is InChI=1S/C6H9BrN2O2/c1-4-2-5(9-11-4)8-6(10)3-7/h4H,2-3H2,1H3,(H,8,9,10). The van der Waals surface area contributed by atoms with Crippen LogP contribution in [-0.2, 0) is 9.63 Å². The minimum atomic E-state index is -0.0959. The largest absolute Gasteiger partial charge is 0.391 e. The second-order valence-corrected chi connectivity index (χ2v) is 2.90. The van der Waals surface area contributed by atoms with Crippen molar-refractivity contribution in [3.05, 3.63) is 0 Å². The van der Waals surface area contributed by atoms with Gasteiger partial charge in [0.25, 0.3) is 0 Å². The van der Waals surface area contributed by atoms with Crippen molar-refractivity contribution in [2.24, 2.45) is 5.16 Å². The van der Waals surface area contributed by atoms with Gasteiger partial charge in [-0.05, 0) is 6.92 Å². The number of amides is 1. The fourth-order valence-electron chi connectivity index (χ4n) is 0.769. The first kappa shape index (κ1) is 8.52. The Morgan fingerprint density at radius 2 is 2.73 bits per heavy atom. The summed E-state index contributed by atoms with van der Waals surface area (Å²) in [6.07, 6.45) is 0.763. The van der Waals surface area contributed by atoms with E-state index in [2.05, 4.69) is 26.4 Å². The first-order valence-corrected chi connectivity index (χ1v) is 4.43. The number of alkyl halides is 1. The number of oxime groups is 1. The number of carbonyl (C=O) groups is 1. The lowest BCUT2D eigenvalue weighted by molar-refractivity contribution is -0.117. The maximum Gasteiger partial charge on any atom is 0.236 e. The molecular weight excluding hydrogens is 212 g/mol. The minimum absolute atomic E-state index is 0.0839. The highest BCUT2D eigenvalue weighted by molar-refractivity contribution is 9.09. The molecule has 0 spiro atoms. The Morgan fingerprint density at radius 1 is 2.00 bits per heavy atom. The Hall–Kier alpha value is -0.580. The zero-order valence-corrected chi connectivity index (χ0v) is 7.72. The zero-order chi connectivity index (χ0) is 8.27. The highest BCUT2D eigenvalue weighted by atomic mass is 79.9. The lowest BCUT2D eigenvalue weighted by Gasteiger charge is -1.98. The third kappa shape index (κ3) is 2.49. The third-order valence-electron chi connectivity index (χ3n) is 1.23. The minimum Gasteiger partial charge on any atom is -0.391 e. The van der Waals surface area contributed by atoms with E-state index < -0.39 is 0 Å². The molecule has 5 heteroatoms. The van der Waals surface area contributed by atoms with Crippen LogP contribution in [0.15, 0.2) is 5.16 Å². The predicted molar refractivity (Wildman–Crippen MR) is 44.5 cm³/mol. The molecule has 4 nitrogen and oxygen atoms in total. The second kappa shape index (κ2) is 3.71. The van der Waals surface area contributed by atoms with Crippen molar-refractivity contribution in [3.63, 3.8) is 0 Å². The van der Waals surface area contributed by atoms with Crippen molar-refractivity contribution in [1.29, 1.82) is 0 Å². The average molecular weight is 221 g/mol. The molecule has 1 rings (SSSR count). The molecule has 1 aliphatic rings. The van der Waals surface area contributed by atoms with Gasteiger partial charge in [-0.15, -0.1) is 0 Å². The number of halogens is 1. The molecule has 11 heavy (non-hydrogen) atoms. The molecule has 1 heterocycles. The van der Waals surface area contributed by atoms with Gasteiger partial charge >= 0.3 is 0 Å². The number of rotatable bonds is 1. The molecule has 0 aliphatic carbocycles. The van der Waals surface area contributed by atoms with Crippen molar-refractivity contribution >= 4 is 27.7 Å². The van der Waals surface area contributed by atoms with Crippen LogP contribution < -0.4 is 5.32 Å². The second-order valence-electron chi connectivity index (χ2n) is 2.34. The molecule has 0 saturated carbocycles. The number of amidine groups is 1. The van der Waals surface area contributed by atoms with E-state index in [-0.39, 0.29) is 12.0 Å². The van der Waals surface area contributed by atoms with Crippen LogP contribution in [0.1, 0.15) is 13.3 Å². The number of nitrogens with zero attached hydrogens (tertiary/aromatic N) is 1. The van der Waals surface area contributed by atoms with Crippen LogP contribution in [-0.4, -0.2) is 23.2 Å². The van der Waals surface area contributed by atoms with E-state index in [1.54, 1.807) is 0 Å². The number of hydrogen-bond acceptors (Lipinski definition) is 3. The molecule has 1 amide bonds. The van der Waals surface area contributed by atoms with E-state index in [4.69, 9.17) is 4.84 Å². The number of hydrogen-bond donors (Lipinski definition) is 1. The van der Waals surface area contributed by atoms with Gasteiger partial charge in [0.15, 0.2) is 5.84 Å². The molecule has 1 atom stereocenters. The monoisotopic (exact) mass is 220 g/mol. The Labute approximate surface area is 73.1 Å². The molecule has 0 saturated heterocycles. The van der Waals surface area contributed by atoms with Crippen molar-refractivity contribution in [2.75, 3.05) is 5.33 Å². The van der Waals surface area contributed by atoms with Crippen LogP contribution in [0.5, 0.6) is 0 Å². The summed E-state index contributed by atoms with van der Waals surface area (Å²) >= 11 is 3.03. The average Bonchev–Trinajstić information content (AvgIpc) is 2.35. The van der Waals surface area contributed by atoms with Crippen molar-refractivity contribution in [2.45, 2.75) is 19.4 Å². The van der Waals surface area contributed by atoms with Gasteiger partial charge in [0.2, 0.25) is 5.91 Å². The van der Waals surface area contributed by atoms with E-state index >= 15 is 0 Å². The molecule has 0 aromatic heterocycles. The van der Waals surface area contributed by atoms with Crippen molar-refractivity contribution < 1.29 is 9.63 Å². The van der Waals surface area contributed by atoms with Crippen molar-refractivity contribution in [3.8, 4) is 0 Å². The SMILES string of the molecule is CC1CC(NC(=O)CBr)=NO1. The quantitative estimate of drug-likeness (QED) is 0.660. The fourth-order valence-corrected chi connectivity index (χ4v) is 0.909. The molecule has 62 valence electrons. The molecule has 0 bridgehead atoms. The summed E-state index contributed by atoms with van der Waals surface area (Å²) < 4.78 is 0. The van der Waals surface area contributed by atoms with Crippen molar-refractivity contribution in [1.82, 2.24) is 5.32 Å². The smallest absolute Gasteiger partial charge is 0.236 e. The molecule has 0 fully saturated rings. The van der Waals surface area contributed by atoms with Gasteiger partial charge in [-0.2, -0.15) is 0 Å².